The third-order valence-electron chi connectivity index (χ3n) is 3.62. The third kappa shape index (κ3) is 2.82. The zero-order valence-corrected chi connectivity index (χ0v) is 10.8. The molecule has 0 bridgehead atoms. The second-order valence-electron chi connectivity index (χ2n) is 5.67. The number of aliphatic hydroxyl groups is 1. The highest BCUT2D eigenvalue weighted by Gasteiger charge is 2.50. The average molecular weight is 248 g/mol. The van der Waals surface area contributed by atoms with E-state index >= 15 is 0 Å². The summed E-state index contributed by atoms with van der Waals surface area (Å²) in [5.41, 5.74) is 7.12. The van der Waals surface area contributed by atoms with E-state index in [0.717, 1.165) is 12.0 Å². The summed E-state index contributed by atoms with van der Waals surface area (Å²) in [5.74, 6) is 0.130. The summed E-state index contributed by atoms with van der Waals surface area (Å²) in [4.78, 5) is 11.8. The molecule has 1 aromatic rings. The minimum atomic E-state index is -0.684. The van der Waals surface area contributed by atoms with Gasteiger partial charge in [-0.05, 0) is 29.5 Å². The summed E-state index contributed by atoms with van der Waals surface area (Å²) in [6.07, 6.45) is 0.244. The average Bonchev–Trinajstić information content (AvgIpc) is 2.96. The van der Waals surface area contributed by atoms with Crippen molar-refractivity contribution in [1.82, 2.24) is 5.32 Å². The van der Waals surface area contributed by atoms with Crippen LogP contribution in [0.5, 0.6) is 0 Å². The number of hydrogen-bond acceptors (Lipinski definition) is 3. The van der Waals surface area contributed by atoms with Crippen LogP contribution in [-0.4, -0.2) is 17.6 Å². The predicted octanol–water partition coefficient (Wildman–Crippen LogP) is 1.46. The molecule has 0 spiro atoms. The van der Waals surface area contributed by atoms with Crippen molar-refractivity contribution in [3.05, 3.63) is 29.8 Å². The summed E-state index contributed by atoms with van der Waals surface area (Å²) in [5, 5.41) is 12.7. The van der Waals surface area contributed by atoms with Crippen LogP contribution in [0.25, 0.3) is 0 Å². The molecule has 4 N–H and O–H groups in total. The number of nitrogens with one attached hydrogen (secondary N) is 1. The predicted molar refractivity (Wildman–Crippen MR) is 70.7 cm³/mol. The van der Waals surface area contributed by atoms with Crippen LogP contribution in [-0.2, 0) is 4.79 Å². The van der Waals surface area contributed by atoms with E-state index in [1.165, 1.54) is 0 Å². The van der Waals surface area contributed by atoms with Crippen LogP contribution in [0, 0.1) is 11.3 Å². The number of anilines is 1. The van der Waals surface area contributed by atoms with E-state index in [9.17, 15) is 9.90 Å². The van der Waals surface area contributed by atoms with E-state index in [-0.39, 0.29) is 23.8 Å². The maximum absolute atomic E-state index is 11.8. The lowest BCUT2D eigenvalue weighted by Gasteiger charge is -2.13. The fourth-order valence-corrected chi connectivity index (χ4v) is 2.07. The highest BCUT2D eigenvalue weighted by molar-refractivity contribution is 5.82. The molecule has 0 aromatic heterocycles. The van der Waals surface area contributed by atoms with Crippen LogP contribution in [0.3, 0.4) is 0 Å². The van der Waals surface area contributed by atoms with E-state index in [4.69, 9.17) is 5.73 Å². The molecule has 2 unspecified atom stereocenters. The van der Waals surface area contributed by atoms with Crippen LogP contribution in [0.2, 0.25) is 0 Å². The molecule has 1 amide bonds. The van der Waals surface area contributed by atoms with Crippen molar-refractivity contribution in [2.75, 3.05) is 12.3 Å². The Morgan fingerprint density at radius 1 is 1.50 bits per heavy atom. The fraction of sp³-hybridized carbons (Fsp3) is 0.500. The molecule has 98 valence electrons. The molecule has 0 aliphatic heterocycles. The summed E-state index contributed by atoms with van der Waals surface area (Å²) in [7, 11) is 0. The van der Waals surface area contributed by atoms with Crippen molar-refractivity contribution in [2.45, 2.75) is 26.4 Å². The molecule has 2 atom stereocenters. The molecular formula is C14H20N2O2. The van der Waals surface area contributed by atoms with Crippen molar-refractivity contribution < 1.29 is 9.90 Å². The Kier molecular flexibility index (Phi) is 3.30. The first-order valence-corrected chi connectivity index (χ1v) is 6.21. The Labute approximate surface area is 107 Å². The molecule has 0 heterocycles. The second-order valence-corrected chi connectivity index (χ2v) is 5.67. The number of aliphatic hydroxyl groups excluding tert-OH is 1. The monoisotopic (exact) mass is 248 g/mol. The Balaban J connectivity index is 1.83. The molecule has 2 rings (SSSR count). The van der Waals surface area contributed by atoms with Gasteiger partial charge in [-0.1, -0.05) is 26.0 Å². The van der Waals surface area contributed by atoms with Crippen molar-refractivity contribution in [3.63, 3.8) is 0 Å². The standard InChI is InChI=1S/C14H20N2O2/c1-14(2)7-11(14)13(18)16-8-12(17)9-3-5-10(15)6-4-9/h3-6,11-12,17H,7-8,15H2,1-2H3,(H,16,18). The van der Waals surface area contributed by atoms with E-state index < -0.39 is 6.10 Å². The first-order valence-electron chi connectivity index (χ1n) is 6.21. The highest BCUT2D eigenvalue weighted by atomic mass is 16.3. The molecule has 1 saturated carbocycles. The van der Waals surface area contributed by atoms with E-state index in [0.29, 0.717) is 5.69 Å². The Morgan fingerprint density at radius 3 is 2.56 bits per heavy atom. The number of carbonyl (C=O) groups is 1. The Bertz CT molecular complexity index is 440. The number of hydrogen-bond donors (Lipinski definition) is 3. The van der Waals surface area contributed by atoms with Gasteiger partial charge in [-0.25, -0.2) is 0 Å². The van der Waals surface area contributed by atoms with Gasteiger partial charge in [0.1, 0.15) is 0 Å². The maximum Gasteiger partial charge on any atom is 0.223 e. The van der Waals surface area contributed by atoms with Gasteiger partial charge in [-0.3, -0.25) is 4.79 Å². The molecule has 0 radical (unpaired) electrons. The van der Waals surface area contributed by atoms with Crippen LogP contribution in [0.15, 0.2) is 24.3 Å². The topological polar surface area (TPSA) is 75.3 Å². The lowest BCUT2D eigenvalue weighted by molar-refractivity contribution is -0.123. The van der Waals surface area contributed by atoms with Crippen LogP contribution in [0.4, 0.5) is 5.69 Å². The second kappa shape index (κ2) is 4.61. The quantitative estimate of drug-likeness (QED) is 0.706. The number of nitrogens with two attached hydrogens (primary N) is 1. The third-order valence-corrected chi connectivity index (χ3v) is 3.62. The Hall–Kier alpha value is -1.55. The van der Waals surface area contributed by atoms with Crippen molar-refractivity contribution in [3.8, 4) is 0 Å². The number of carbonyl (C=O) groups excluding carboxylic acids is 1. The van der Waals surface area contributed by atoms with E-state index in [1.807, 2.05) is 0 Å². The van der Waals surface area contributed by atoms with Crippen molar-refractivity contribution in [2.24, 2.45) is 11.3 Å². The fourth-order valence-electron chi connectivity index (χ4n) is 2.07. The number of rotatable bonds is 4. The van der Waals surface area contributed by atoms with Gasteiger partial charge in [0, 0.05) is 18.2 Å². The molecule has 1 aliphatic rings. The molecule has 1 aromatic carbocycles. The summed E-state index contributed by atoms with van der Waals surface area (Å²) >= 11 is 0. The zero-order chi connectivity index (χ0) is 13.3. The van der Waals surface area contributed by atoms with Crippen molar-refractivity contribution in [1.29, 1.82) is 0 Å². The molecule has 1 aliphatic carbocycles. The van der Waals surface area contributed by atoms with Gasteiger partial charge < -0.3 is 16.2 Å². The SMILES string of the molecule is CC1(C)CC1C(=O)NCC(O)c1ccc(N)cc1. The molecular weight excluding hydrogens is 228 g/mol. The smallest absolute Gasteiger partial charge is 0.223 e. The minimum absolute atomic E-state index is 0.0366. The molecule has 4 heteroatoms. The minimum Gasteiger partial charge on any atom is -0.399 e. The molecule has 18 heavy (non-hydrogen) atoms. The van der Waals surface area contributed by atoms with Gasteiger partial charge in [0.05, 0.1) is 6.10 Å². The Morgan fingerprint density at radius 2 is 2.06 bits per heavy atom. The molecule has 0 saturated heterocycles. The van der Waals surface area contributed by atoms with E-state index in [2.05, 4.69) is 19.2 Å². The number of amides is 1. The summed E-state index contributed by atoms with van der Waals surface area (Å²) in [6, 6.07) is 7.02. The molecule has 1 fully saturated rings. The van der Waals surface area contributed by atoms with Gasteiger partial charge in [-0.15, -0.1) is 0 Å². The van der Waals surface area contributed by atoms with Gasteiger partial charge in [0.25, 0.3) is 0 Å². The van der Waals surface area contributed by atoms with Gasteiger partial charge in [0.2, 0.25) is 5.91 Å². The summed E-state index contributed by atoms with van der Waals surface area (Å²) < 4.78 is 0. The number of nitrogen functional groups attached to an aromatic ring is 1. The molecule has 4 nitrogen and oxygen atoms in total. The lowest BCUT2D eigenvalue weighted by Crippen LogP contribution is -2.30. The highest BCUT2D eigenvalue weighted by Crippen LogP contribution is 2.51. The van der Waals surface area contributed by atoms with Crippen LogP contribution in [0.1, 0.15) is 31.9 Å². The first kappa shape index (κ1) is 12.9. The van der Waals surface area contributed by atoms with Gasteiger partial charge >= 0.3 is 0 Å². The normalized spacial score (nSPS) is 22.3. The maximum atomic E-state index is 11.8. The zero-order valence-electron chi connectivity index (χ0n) is 10.8. The number of benzene rings is 1. The first-order chi connectivity index (χ1) is 8.40. The van der Waals surface area contributed by atoms with E-state index in [1.54, 1.807) is 24.3 Å². The van der Waals surface area contributed by atoms with Crippen LogP contribution >= 0.6 is 0 Å². The largest absolute Gasteiger partial charge is 0.399 e. The van der Waals surface area contributed by atoms with Gasteiger partial charge in [-0.2, -0.15) is 0 Å². The van der Waals surface area contributed by atoms with Crippen LogP contribution < -0.4 is 11.1 Å². The summed E-state index contributed by atoms with van der Waals surface area (Å²) in [6.45, 7) is 4.40. The lowest BCUT2D eigenvalue weighted by atomic mass is 10.1. The van der Waals surface area contributed by atoms with Gasteiger partial charge in [0.15, 0.2) is 0 Å². The van der Waals surface area contributed by atoms with Crippen molar-refractivity contribution >= 4 is 11.6 Å².